The fourth-order valence-electron chi connectivity index (χ4n) is 1.36. The van der Waals surface area contributed by atoms with Crippen LogP contribution in [0, 0.1) is 3.57 Å². The van der Waals surface area contributed by atoms with E-state index in [2.05, 4.69) is 22.6 Å². The fraction of sp³-hybridized carbons (Fsp3) is 0.364. The van der Waals surface area contributed by atoms with Gasteiger partial charge in [-0.05, 0) is 34.7 Å². The molecule has 88 valence electrons. The van der Waals surface area contributed by atoms with Crippen LogP contribution in [0.2, 0.25) is 0 Å². The molecule has 1 rings (SSSR count). The van der Waals surface area contributed by atoms with Gasteiger partial charge in [0.15, 0.2) is 0 Å². The van der Waals surface area contributed by atoms with Crippen molar-refractivity contribution in [3.8, 4) is 0 Å². The lowest BCUT2D eigenvalue weighted by atomic mass is 10.2. The molecule has 1 aromatic carbocycles. The highest BCUT2D eigenvalue weighted by atomic mass is 127. The van der Waals surface area contributed by atoms with E-state index in [-0.39, 0.29) is 32.2 Å². The van der Waals surface area contributed by atoms with Crippen LogP contribution in [0.25, 0.3) is 0 Å². The van der Waals surface area contributed by atoms with Crippen molar-refractivity contribution in [2.24, 2.45) is 0 Å². The number of halogens is 1. The standard InChI is InChI=1S/C11H14INO3/c12-10-4-2-1-3-9(10)11(16)13(5-7-14)6-8-15/h1-4,14-15H,5-8H2. The van der Waals surface area contributed by atoms with Crippen molar-refractivity contribution in [2.45, 2.75) is 0 Å². The zero-order valence-electron chi connectivity index (χ0n) is 8.77. The number of carbonyl (C=O) groups is 1. The second kappa shape index (κ2) is 6.82. The maximum atomic E-state index is 12.0. The van der Waals surface area contributed by atoms with Crippen molar-refractivity contribution in [1.82, 2.24) is 4.90 Å². The van der Waals surface area contributed by atoms with E-state index >= 15 is 0 Å². The van der Waals surface area contributed by atoms with Crippen molar-refractivity contribution >= 4 is 28.5 Å². The largest absolute Gasteiger partial charge is 0.395 e. The van der Waals surface area contributed by atoms with Gasteiger partial charge in [0.1, 0.15) is 0 Å². The van der Waals surface area contributed by atoms with Crippen LogP contribution in [-0.4, -0.2) is 47.3 Å². The molecule has 0 radical (unpaired) electrons. The van der Waals surface area contributed by atoms with Gasteiger partial charge in [0.05, 0.1) is 18.8 Å². The van der Waals surface area contributed by atoms with Crippen LogP contribution >= 0.6 is 22.6 Å². The van der Waals surface area contributed by atoms with Crippen LogP contribution in [0.1, 0.15) is 10.4 Å². The van der Waals surface area contributed by atoms with E-state index in [1.54, 1.807) is 12.1 Å². The Kier molecular flexibility index (Phi) is 5.72. The summed E-state index contributed by atoms with van der Waals surface area (Å²) < 4.78 is 0.867. The summed E-state index contributed by atoms with van der Waals surface area (Å²) in [6.45, 7) is 0.277. The predicted octanol–water partition coefficient (Wildman–Crippen LogP) is 0.718. The third kappa shape index (κ3) is 3.43. The summed E-state index contributed by atoms with van der Waals surface area (Å²) in [5.41, 5.74) is 0.602. The van der Waals surface area contributed by atoms with Gasteiger partial charge in [-0.25, -0.2) is 0 Å². The number of benzene rings is 1. The Bertz CT molecular complexity index is 351. The van der Waals surface area contributed by atoms with E-state index in [1.165, 1.54) is 4.90 Å². The topological polar surface area (TPSA) is 60.8 Å². The van der Waals surface area contributed by atoms with Crippen LogP contribution in [0.3, 0.4) is 0 Å². The van der Waals surface area contributed by atoms with Crippen LogP contribution in [0.15, 0.2) is 24.3 Å². The zero-order valence-corrected chi connectivity index (χ0v) is 10.9. The van der Waals surface area contributed by atoms with Crippen molar-refractivity contribution in [3.05, 3.63) is 33.4 Å². The first-order chi connectivity index (χ1) is 7.70. The van der Waals surface area contributed by atoms with E-state index in [9.17, 15) is 4.79 Å². The number of aliphatic hydroxyl groups excluding tert-OH is 2. The van der Waals surface area contributed by atoms with Gasteiger partial charge in [-0.15, -0.1) is 0 Å². The van der Waals surface area contributed by atoms with Crippen molar-refractivity contribution in [3.63, 3.8) is 0 Å². The Morgan fingerprint density at radius 2 is 1.75 bits per heavy atom. The number of aliphatic hydroxyl groups is 2. The molecule has 0 fully saturated rings. The van der Waals surface area contributed by atoms with E-state index in [4.69, 9.17) is 10.2 Å². The predicted molar refractivity (Wildman–Crippen MR) is 69.2 cm³/mol. The summed E-state index contributed by atoms with van der Waals surface area (Å²) in [6.07, 6.45) is 0. The molecule has 0 aliphatic heterocycles. The molecule has 5 heteroatoms. The molecule has 16 heavy (non-hydrogen) atoms. The average Bonchev–Trinajstić information content (AvgIpc) is 2.28. The first kappa shape index (κ1) is 13.4. The van der Waals surface area contributed by atoms with Gasteiger partial charge in [-0.2, -0.15) is 0 Å². The highest BCUT2D eigenvalue weighted by Gasteiger charge is 2.16. The molecular weight excluding hydrogens is 321 g/mol. The van der Waals surface area contributed by atoms with Crippen molar-refractivity contribution < 1.29 is 15.0 Å². The quantitative estimate of drug-likeness (QED) is 0.780. The van der Waals surface area contributed by atoms with Gasteiger partial charge < -0.3 is 15.1 Å². The molecular formula is C11H14INO3. The number of rotatable bonds is 5. The van der Waals surface area contributed by atoms with Crippen molar-refractivity contribution in [2.75, 3.05) is 26.3 Å². The second-order valence-electron chi connectivity index (χ2n) is 3.22. The van der Waals surface area contributed by atoms with Gasteiger partial charge >= 0.3 is 0 Å². The highest BCUT2D eigenvalue weighted by Crippen LogP contribution is 2.13. The summed E-state index contributed by atoms with van der Waals surface area (Å²) in [7, 11) is 0. The van der Waals surface area contributed by atoms with Crippen LogP contribution in [0.5, 0.6) is 0 Å². The molecule has 1 amide bonds. The first-order valence-electron chi connectivity index (χ1n) is 4.96. The molecule has 0 atom stereocenters. The van der Waals surface area contributed by atoms with Crippen LogP contribution < -0.4 is 0 Å². The summed E-state index contributed by atoms with van der Waals surface area (Å²) >= 11 is 2.09. The lowest BCUT2D eigenvalue weighted by molar-refractivity contribution is 0.0684. The Labute approximate surface area is 108 Å². The van der Waals surface area contributed by atoms with E-state index < -0.39 is 0 Å². The zero-order chi connectivity index (χ0) is 12.0. The number of nitrogens with zero attached hydrogens (tertiary/aromatic N) is 1. The summed E-state index contributed by atoms with van der Waals surface area (Å²) in [6, 6.07) is 7.25. The molecule has 0 unspecified atom stereocenters. The number of carbonyl (C=O) groups excluding carboxylic acids is 1. The molecule has 0 aromatic heterocycles. The molecule has 0 heterocycles. The smallest absolute Gasteiger partial charge is 0.255 e. The number of hydrogen-bond acceptors (Lipinski definition) is 3. The highest BCUT2D eigenvalue weighted by molar-refractivity contribution is 14.1. The third-order valence-electron chi connectivity index (χ3n) is 2.13. The van der Waals surface area contributed by atoms with E-state index in [0.717, 1.165) is 3.57 Å². The minimum Gasteiger partial charge on any atom is -0.395 e. The summed E-state index contributed by atoms with van der Waals surface area (Å²) in [5.74, 6) is -0.159. The molecule has 0 aliphatic rings. The second-order valence-corrected chi connectivity index (χ2v) is 4.38. The van der Waals surface area contributed by atoms with E-state index in [1.807, 2.05) is 12.1 Å². The van der Waals surface area contributed by atoms with Crippen molar-refractivity contribution in [1.29, 1.82) is 0 Å². The molecule has 0 bridgehead atoms. The Morgan fingerprint density at radius 3 is 2.25 bits per heavy atom. The van der Waals surface area contributed by atoms with Gasteiger partial charge in [-0.1, -0.05) is 12.1 Å². The first-order valence-corrected chi connectivity index (χ1v) is 6.04. The fourth-order valence-corrected chi connectivity index (χ4v) is 1.98. The van der Waals surface area contributed by atoms with Crippen LogP contribution in [0.4, 0.5) is 0 Å². The van der Waals surface area contributed by atoms with Gasteiger partial charge in [0.2, 0.25) is 0 Å². The monoisotopic (exact) mass is 335 g/mol. The summed E-state index contributed by atoms with van der Waals surface area (Å²) in [4.78, 5) is 13.5. The number of hydrogen-bond donors (Lipinski definition) is 2. The Morgan fingerprint density at radius 1 is 1.19 bits per heavy atom. The van der Waals surface area contributed by atoms with E-state index in [0.29, 0.717) is 5.56 Å². The lowest BCUT2D eigenvalue weighted by Gasteiger charge is -2.21. The Balaban J connectivity index is 2.85. The molecule has 1 aromatic rings. The molecule has 0 spiro atoms. The van der Waals surface area contributed by atoms with Gasteiger partial charge in [0.25, 0.3) is 5.91 Å². The maximum absolute atomic E-state index is 12.0. The average molecular weight is 335 g/mol. The third-order valence-corrected chi connectivity index (χ3v) is 3.07. The molecule has 0 saturated carbocycles. The van der Waals surface area contributed by atoms with Gasteiger partial charge in [0, 0.05) is 16.7 Å². The lowest BCUT2D eigenvalue weighted by Crippen LogP contribution is -2.36. The van der Waals surface area contributed by atoms with Gasteiger partial charge in [-0.3, -0.25) is 4.79 Å². The Hall–Kier alpha value is -0.660. The maximum Gasteiger partial charge on any atom is 0.255 e. The molecule has 4 nitrogen and oxygen atoms in total. The minimum absolute atomic E-state index is 0.102. The molecule has 0 aliphatic carbocycles. The molecule has 2 N–H and O–H groups in total. The SMILES string of the molecule is O=C(c1ccccc1I)N(CCO)CCO. The normalized spacial score (nSPS) is 10.2. The minimum atomic E-state index is -0.159. The van der Waals surface area contributed by atoms with Crippen LogP contribution in [-0.2, 0) is 0 Å². The molecule has 0 saturated heterocycles. The number of amides is 1. The summed E-state index contributed by atoms with van der Waals surface area (Å²) in [5, 5.41) is 17.7.